The number of hydrogen-bond acceptors (Lipinski definition) is 3. The number of aryl methyl sites for hydroxylation is 2. The molecule has 0 fully saturated rings. The lowest BCUT2D eigenvalue weighted by Crippen LogP contribution is -2.15. The highest BCUT2D eigenvalue weighted by atomic mass is 16.1. The maximum absolute atomic E-state index is 12.4. The van der Waals surface area contributed by atoms with Crippen molar-refractivity contribution in [2.45, 2.75) is 26.4 Å². The molecule has 0 unspecified atom stereocenters. The Kier molecular flexibility index (Phi) is 4.70. The molecular formula is C21H21N5O. The van der Waals surface area contributed by atoms with Gasteiger partial charge in [0.1, 0.15) is 0 Å². The Labute approximate surface area is 157 Å². The number of aromatic nitrogens is 4. The molecule has 4 aromatic rings. The Morgan fingerprint density at radius 3 is 2.85 bits per heavy atom. The van der Waals surface area contributed by atoms with E-state index in [1.165, 1.54) is 5.56 Å². The van der Waals surface area contributed by atoms with Crippen molar-refractivity contribution >= 4 is 22.5 Å². The van der Waals surface area contributed by atoms with Gasteiger partial charge in [0, 0.05) is 29.9 Å². The van der Waals surface area contributed by atoms with Crippen LogP contribution in [0.5, 0.6) is 0 Å². The number of nitrogens with zero attached hydrogens (tertiary/aromatic N) is 4. The molecule has 6 nitrogen and oxygen atoms in total. The van der Waals surface area contributed by atoms with E-state index in [0.29, 0.717) is 19.5 Å². The third-order valence-corrected chi connectivity index (χ3v) is 4.57. The van der Waals surface area contributed by atoms with Crippen LogP contribution >= 0.6 is 0 Å². The molecule has 0 spiro atoms. The van der Waals surface area contributed by atoms with Gasteiger partial charge in [-0.2, -0.15) is 10.2 Å². The topological polar surface area (TPSA) is 64.7 Å². The number of benzene rings is 2. The van der Waals surface area contributed by atoms with Gasteiger partial charge in [0.05, 0.1) is 24.8 Å². The van der Waals surface area contributed by atoms with Crippen LogP contribution in [0, 0.1) is 6.92 Å². The Morgan fingerprint density at radius 2 is 2.00 bits per heavy atom. The Balaban J connectivity index is 1.38. The molecule has 0 saturated carbocycles. The Bertz CT molecular complexity index is 1070. The standard InChI is InChI=1S/C21H21N5O/c1-16-5-2-8-20-19(16)14-23-26(20)12-9-21(27)24-18-7-3-6-17(13-18)15-25-11-4-10-22-25/h2-8,10-11,13-14H,9,12,15H2,1H3,(H,24,27). The van der Waals surface area contributed by atoms with E-state index in [4.69, 9.17) is 0 Å². The second-order valence-corrected chi connectivity index (χ2v) is 6.58. The van der Waals surface area contributed by atoms with E-state index in [2.05, 4.69) is 28.5 Å². The minimum atomic E-state index is -0.0254. The summed E-state index contributed by atoms with van der Waals surface area (Å²) in [5.41, 5.74) is 4.14. The smallest absolute Gasteiger partial charge is 0.226 e. The minimum Gasteiger partial charge on any atom is -0.326 e. The molecular weight excluding hydrogens is 338 g/mol. The van der Waals surface area contributed by atoms with Gasteiger partial charge >= 0.3 is 0 Å². The van der Waals surface area contributed by atoms with Crippen LogP contribution in [0.15, 0.2) is 67.1 Å². The van der Waals surface area contributed by atoms with Gasteiger partial charge in [-0.05, 0) is 42.3 Å². The van der Waals surface area contributed by atoms with Crippen molar-refractivity contribution in [3.05, 3.63) is 78.2 Å². The molecule has 1 N–H and O–H groups in total. The summed E-state index contributed by atoms with van der Waals surface area (Å²) in [4.78, 5) is 12.4. The van der Waals surface area contributed by atoms with E-state index >= 15 is 0 Å². The summed E-state index contributed by atoms with van der Waals surface area (Å²) in [6.45, 7) is 3.29. The average molecular weight is 359 g/mol. The fourth-order valence-electron chi connectivity index (χ4n) is 3.19. The van der Waals surface area contributed by atoms with Crippen LogP contribution in [0.4, 0.5) is 5.69 Å². The SMILES string of the molecule is Cc1cccc2c1cnn2CCC(=O)Nc1cccc(Cn2cccn2)c1. The molecule has 0 aliphatic carbocycles. The lowest BCUT2D eigenvalue weighted by atomic mass is 10.1. The monoisotopic (exact) mass is 359 g/mol. The molecule has 6 heteroatoms. The van der Waals surface area contributed by atoms with Crippen molar-refractivity contribution in [2.24, 2.45) is 0 Å². The van der Waals surface area contributed by atoms with Gasteiger partial charge in [-0.1, -0.05) is 24.3 Å². The van der Waals surface area contributed by atoms with Gasteiger partial charge in [0.2, 0.25) is 5.91 Å². The van der Waals surface area contributed by atoms with Gasteiger partial charge < -0.3 is 5.32 Å². The molecule has 0 aliphatic heterocycles. The number of rotatable bonds is 6. The highest BCUT2D eigenvalue weighted by molar-refractivity contribution is 5.91. The second-order valence-electron chi connectivity index (χ2n) is 6.58. The van der Waals surface area contributed by atoms with Gasteiger partial charge in [0.25, 0.3) is 0 Å². The Morgan fingerprint density at radius 1 is 1.11 bits per heavy atom. The summed E-state index contributed by atoms with van der Waals surface area (Å²) in [6.07, 6.45) is 5.91. The first-order valence-corrected chi connectivity index (χ1v) is 8.96. The van der Waals surface area contributed by atoms with Crippen molar-refractivity contribution in [3.63, 3.8) is 0 Å². The van der Waals surface area contributed by atoms with E-state index < -0.39 is 0 Å². The quantitative estimate of drug-likeness (QED) is 0.572. The maximum atomic E-state index is 12.4. The largest absolute Gasteiger partial charge is 0.326 e. The van der Waals surface area contributed by atoms with E-state index in [1.54, 1.807) is 6.20 Å². The first-order chi connectivity index (χ1) is 13.2. The molecule has 1 amide bonds. The predicted octanol–water partition coefficient (Wildman–Crippen LogP) is 3.62. The minimum absolute atomic E-state index is 0.0254. The fraction of sp³-hybridized carbons (Fsp3) is 0.190. The van der Waals surface area contributed by atoms with Crippen LogP contribution in [0.3, 0.4) is 0 Å². The zero-order valence-electron chi connectivity index (χ0n) is 15.2. The number of anilines is 1. The second kappa shape index (κ2) is 7.45. The summed E-state index contributed by atoms with van der Waals surface area (Å²) in [5, 5.41) is 12.7. The third kappa shape index (κ3) is 3.89. The molecule has 0 atom stereocenters. The van der Waals surface area contributed by atoms with E-state index in [9.17, 15) is 4.79 Å². The normalized spacial score (nSPS) is 11.0. The zero-order valence-corrected chi connectivity index (χ0v) is 15.2. The molecule has 0 radical (unpaired) electrons. The van der Waals surface area contributed by atoms with Crippen LogP contribution < -0.4 is 5.32 Å². The summed E-state index contributed by atoms with van der Waals surface area (Å²) in [7, 11) is 0. The van der Waals surface area contributed by atoms with Crippen LogP contribution in [-0.2, 0) is 17.9 Å². The summed E-state index contributed by atoms with van der Waals surface area (Å²) in [6, 6.07) is 15.9. The molecule has 136 valence electrons. The number of carbonyl (C=O) groups is 1. The van der Waals surface area contributed by atoms with Crippen molar-refractivity contribution in [2.75, 3.05) is 5.32 Å². The number of carbonyl (C=O) groups excluding carboxylic acids is 1. The predicted molar refractivity (Wildman–Crippen MR) is 105 cm³/mol. The van der Waals surface area contributed by atoms with Crippen molar-refractivity contribution in [1.82, 2.24) is 19.6 Å². The fourth-order valence-corrected chi connectivity index (χ4v) is 3.19. The highest BCUT2D eigenvalue weighted by Gasteiger charge is 2.08. The third-order valence-electron chi connectivity index (χ3n) is 4.57. The number of nitrogens with one attached hydrogen (secondary N) is 1. The van der Waals surface area contributed by atoms with E-state index in [1.807, 2.05) is 64.2 Å². The first-order valence-electron chi connectivity index (χ1n) is 8.96. The molecule has 0 bridgehead atoms. The van der Waals surface area contributed by atoms with E-state index in [0.717, 1.165) is 22.2 Å². The van der Waals surface area contributed by atoms with Crippen LogP contribution in [0.25, 0.3) is 10.9 Å². The zero-order chi connectivity index (χ0) is 18.6. The van der Waals surface area contributed by atoms with E-state index in [-0.39, 0.29) is 5.91 Å². The summed E-state index contributed by atoms with van der Waals surface area (Å²) >= 11 is 0. The lowest BCUT2D eigenvalue weighted by molar-refractivity contribution is -0.116. The number of fused-ring (bicyclic) bond motifs is 1. The average Bonchev–Trinajstić information content (AvgIpc) is 3.31. The maximum Gasteiger partial charge on any atom is 0.226 e. The lowest BCUT2D eigenvalue weighted by Gasteiger charge is -2.08. The molecule has 27 heavy (non-hydrogen) atoms. The summed E-state index contributed by atoms with van der Waals surface area (Å²) in [5.74, 6) is -0.0254. The first kappa shape index (κ1) is 17.0. The number of amides is 1. The molecule has 2 aromatic heterocycles. The van der Waals surface area contributed by atoms with Gasteiger partial charge in [-0.25, -0.2) is 0 Å². The molecule has 2 aromatic carbocycles. The number of hydrogen-bond donors (Lipinski definition) is 1. The Hall–Kier alpha value is -3.41. The summed E-state index contributed by atoms with van der Waals surface area (Å²) < 4.78 is 3.74. The van der Waals surface area contributed by atoms with Crippen molar-refractivity contribution in [1.29, 1.82) is 0 Å². The molecule has 0 aliphatic rings. The van der Waals surface area contributed by atoms with Gasteiger partial charge in [0.15, 0.2) is 0 Å². The van der Waals surface area contributed by atoms with Gasteiger partial charge in [-0.3, -0.25) is 14.2 Å². The van der Waals surface area contributed by atoms with Crippen LogP contribution in [0.2, 0.25) is 0 Å². The van der Waals surface area contributed by atoms with Crippen LogP contribution in [0.1, 0.15) is 17.5 Å². The van der Waals surface area contributed by atoms with Gasteiger partial charge in [-0.15, -0.1) is 0 Å². The highest BCUT2D eigenvalue weighted by Crippen LogP contribution is 2.18. The molecule has 0 saturated heterocycles. The van der Waals surface area contributed by atoms with Crippen LogP contribution in [-0.4, -0.2) is 25.5 Å². The van der Waals surface area contributed by atoms with Crippen molar-refractivity contribution < 1.29 is 4.79 Å². The molecule has 2 heterocycles. The molecule has 4 rings (SSSR count). The van der Waals surface area contributed by atoms with Crippen molar-refractivity contribution in [3.8, 4) is 0 Å².